The summed E-state index contributed by atoms with van der Waals surface area (Å²) in [6.45, 7) is 12.2. The zero-order valence-electron chi connectivity index (χ0n) is 19.5. The van der Waals surface area contributed by atoms with Gasteiger partial charge in [0.25, 0.3) is 5.91 Å². The lowest BCUT2D eigenvalue weighted by molar-refractivity contribution is 0.102. The molecule has 0 aliphatic carbocycles. The second-order valence-corrected chi connectivity index (χ2v) is 8.79. The highest BCUT2D eigenvalue weighted by atomic mass is 16.5. The van der Waals surface area contributed by atoms with Gasteiger partial charge in [-0.1, -0.05) is 0 Å². The summed E-state index contributed by atoms with van der Waals surface area (Å²) in [5.74, 6) is 0.252. The van der Waals surface area contributed by atoms with Crippen molar-refractivity contribution in [1.82, 2.24) is 25.1 Å². The molecular weight excluding hydrogens is 406 g/mol. The molecular formula is C23H31N7O2. The van der Waals surface area contributed by atoms with Gasteiger partial charge in [0.2, 0.25) is 0 Å². The number of hydrogen-bond acceptors (Lipinski definition) is 7. The van der Waals surface area contributed by atoms with Gasteiger partial charge in [-0.05, 0) is 46.8 Å². The quantitative estimate of drug-likeness (QED) is 0.633. The van der Waals surface area contributed by atoms with Crippen LogP contribution in [0, 0.1) is 6.92 Å². The van der Waals surface area contributed by atoms with Crippen molar-refractivity contribution in [2.24, 2.45) is 0 Å². The number of nitrogens with one attached hydrogen (secondary N) is 2. The van der Waals surface area contributed by atoms with E-state index in [4.69, 9.17) is 4.74 Å². The number of aromatic nitrogens is 4. The van der Waals surface area contributed by atoms with Crippen LogP contribution in [0.1, 0.15) is 49.8 Å². The van der Waals surface area contributed by atoms with Gasteiger partial charge in [-0.3, -0.25) is 9.48 Å². The Labute approximate surface area is 188 Å². The normalized spacial score (nSPS) is 18.9. The number of benzene rings is 1. The second-order valence-electron chi connectivity index (χ2n) is 8.79. The molecule has 1 aliphatic heterocycles. The fraction of sp³-hybridized carbons (Fsp3) is 0.478. The maximum absolute atomic E-state index is 13.2. The molecule has 9 heteroatoms. The molecule has 2 N–H and O–H groups in total. The maximum atomic E-state index is 13.2. The average Bonchev–Trinajstić information content (AvgIpc) is 3.11. The molecule has 0 saturated carbocycles. The van der Waals surface area contributed by atoms with Crippen molar-refractivity contribution in [3.63, 3.8) is 0 Å². The van der Waals surface area contributed by atoms with E-state index in [1.165, 1.54) is 7.11 Å². The molecule has 1 aliphatic rings. The van der Waals surface area contributed by atoms with Crippen LogP contribution in [0.3, 0.4) is 0 Å². The van der Waals surface area contributed by atoms with Crippen molar-refractivity contribution in [2.45, 2.75) is 52.7 Å². The number of carbonyl (C=O) groups is 1. The Morgan fingerprint density at radius 2 is 1.97 bits per heavy atom. The smallest absolute Gasteiger partial charge is 0.316 e. The van der Waals surface area contributed by atoms with E-state index in [0.29, 0.717) is 29.0 Å². The van der Waals surface area contributed by atoms with E-state index in [1.54, 1.807) is 6.20 Å². The molecule has 9 nitrogen and oxygen atoms in total. The number of rotatable bonds is 5. The Morgan fingerprint density at radius 3 is 2.59 bits per heavy atom. The van der Waals surface area contributed by atoms with Crippen LogP contribution in [0.25, 0.3) is 10.9 Å². The zero-order chi connectivity index (χ0) is 23.0. The molecule has 2 aromatic heterocycles. The maximum Gasteiger partial charge on any atom is 0.316 e. The Bertz CT molecular complexity index is 1130. The van der Waals surface area contributed by atoms with Crippen LogP contribution in [-0.4, -0.2) is 57.9 Å². The van der Waals surface area contributed by atoms with E-state index in [1.807, 2.05) is 29.8 Å². The second kappa shape index (κ2) is 8.74. The number of ether oxygens (including phenoxy) is 1. The van der Waals surface area contributed by atoms with Gasteiger partial charge in [0.05, 0.1) is 18.2 Å². The molecule has 3 aromatic rings. The van der Waals surface area contributed by atoms with E-state index >= 15 is 0 Å². The highest BCUT2D eigenvalue weighted by molar-refractivity contribution is 6.13. The average molecular weight is 438 g/mol. The molecule has 0 spiro atoms. The van der Waals surface area contributed by atoms with Crippen LogP contribution in [0.5, 0.6) is 6.01 Å². The van der Waals surface area contributed by atoms with Gasteiger partial charge in [0, 0.05) is 60.2 Å². The molecule has 2 atom stereocenters. The first-order valence-corrected chi connectivity index (χ1v) is 11.0. The van der Waals surface area contributed by atoms with Gasteiger partial charge in [0.1, 0.15) is 0 Å². The first kappa shape index (κ1) is 22.0. The van der Waals surface area contributed by atoms with Crippen LogP contribution in [-0.2, 0) is 0 Å². The summed E-state index contributed by atoms with van der Waals surface area (Å²) in [5.41, 5.74) is 3.02. The first-order valence-electron chi connectivity index (χ1n) is 11.0. The van der Waals surface area contributed by atoms with Crippen LogP contribution in [0.4, 0.5) is 11.5 Å². The highest BCUT2D eigenvalue weighted by Crippen LogP contribution is 2.31. The Hall–Kier alpha value is -3.20. The van der Waals surface area contributed by atoms with Crippen LogP contribution < -0.4 is 20.3 Å². The largest absolute Gasteiger partial charge is 0.467 e. The number of aryl methyl sites for hydroxylation is 1. The SMILES string of the molecule is COc1ncc2c(N3C[C@@H](C)N[C@@H](C)C3)ccc(C(=O)Nc3cc(C)n(C(C)C)n3)c2n1. The third-order valence-corrected chi connectivity index (χ3v) is 5.68. The molecule has 1 saturated heterocycles. The topological polar surface area (TPSA) is 97.2 Å². The summed E-state index contributed by atoms with van der Waals surface area (Å²) < 4.78 is 7.13. The summed E-state index contributed by atoms with van der Waals surface area (Å²) >= 11 is 0. The molecule has 4 rings (SSSR count). The summed E-state index contributed by atoms with van der Waals surface area (Å²) in [7, 11) is 1.52. The van der Waals surface area contributed by atoms with E-state index in [0.717, 1.165) is 29.9 Å². The number of piperazine rings is 1. The molecule has 1 aromatic carbocycles. The first-order chi connectivity index (χ1) is 15.3. The molecule has 1 amide bonds. The number of methoxy groups -OCH3 is 1. The monoisotopic (exact) mass is 437 g/mol. The van der Waals surface area contributed by atoms with Gasteiger partial charge in [-0.2, -0.15) is 10.1 Å². The minimum Gasteiger partial charge on any atom is -0.467 e. The molecule has 0 bridgehead atoms. The summed E-state index contributed by atoms with van der Waals surface area (Å²) in [4.78, 5) is 24.4. The number of amides is 1. The van der Waals surface area contributed by atoms with E-state index < -0.39 is 0 Å². The Kier molecular flexibility index (Phi) is 6.01. The van der Waals surface area contributed by atoms with Crippen molar-refractivity contribution in [3.8, 4) is 6.01 Å². The fourth-order valence-electron chi connectivity index (χ4n) is 4.43. The van der Waals surface area contributed by atoms with Crippen molar-refractivity contribution >= 4 is 28.3 Å². The van der Waals surface area contributed by atoms with Crippen LogP contribution in [0.2, 0.25) is 0 Å². The fourth-order valence-corrected chi connectivity index (χ4v) is 4.43. The molecule has 0 unspecified atom stereocenters. The third kappa shape index (κ3) is 4.25. The third-order valence-electron chi connectivity index (χ3n) is 5.68. The van der Waals surface area contributed by atoms with Gasteiger partial charge >= 0.3 is 6.01 Å². The number of fused-ring (bicyclic) bond motifs is 1. The van der Waals surface area contributed by atoms with Crippen LogP contribution in [0.15, 0.2) is 24.4 Å². The number of hydrogen-bond donors (Lipinski definition) is 2. The van der Waals surface area contributed by atoms with Gasteiger partial charge in [-0.15, -0.1) is 0 Å². The predicted octanol–water partition coefficient (Wildman–Crippen LogP) is 3.16. The molecule has 0 radical (unpaired) electrons. The van der Waals surface area contributed by atoms with Crippen molar-refractivity contribution in [1.29, 1.82) is 0 Å². The summed E-state index contributed by atoms with van der Waals surface area (Å²) in [5, 5.41) is 11.8. The highest BCUT2D eigenvalue weighted by Gasteiger charge is 2.25. The van der Waals surface area contributed by atoms with Gasteiger partial charge < -0.3 is 20.3 Å². The van der Waals surface area contributed by atoms with Crippen molar-refractivity contribution < 1.29 is 9.53 Å². The zero-order valence-corrected chi connectivity index (χ0v) is 19.5. The standard InChI is InChI=1S/C23H31N7O2/c1-13(2)30-16(5)9-20(28-30)26-22(31)17-7-8-19(29-11-14(3)25-15(4)12-29)18-10-24-23(32-6)27-21(17)18/h7-10,13-15,25H,11-12H2,1-6H3,(H,26,28,31)/t14-,15+. The van der Waals surface area contributed by atoms with E-state index in [9.17, 15) is 4.79 Å². The van der Waals surface area contributed by atoms with E-state index in [-0.39, 0.29) is 18.0 Å². The number of nitrogens with zero attached hydrogens (tertiary/aromatic N) is 5. The Morgan fingerprint density at radius 1 is 1.25 bits per heavy atom. The Balaban J connectivity index is 1.73. The minimum absolute atomic E-state index is 0.210. The van der Waals surface area contributed by atoms with E-state index in [2.05, 4.69) is 58.3 Å². The predicted molar refractivity (Wildman–Crippen MR) is 126 cm³/mol. The summed E-state index contributed by atoms with van der Waals surface area (Å²) in [6.07, 6.45) is 1.74. The number of carbonyl (C=O) groups excluding carboxylic acids is 1. The molecule has 32 heavy (non-hydrogen) atoms. The molecule has 170 valence electrons. The number of anilines is 2. The summed E-state index contributed by atoms with van der Waals surface area (Å²) in [6, 6.07) is 6.82. The van der Waals surface area contributed by atoms with Crippen LogP contribution >= 0.6 is 0 Å². The lowest BCUT2D eigenvalue weighted by Crippen LogP contribution is -2.54. The lowest BCUT2D eigenvalue weighted by atomic mass is 10.0. The van der Waals surface area contributed by atoms with Crippen molar-refractivity contribution in [3.05, 3.63) is 35.7 Å². The van der Waals surface area contributed by atoms with Gasteiger partial charge in [-0.25, -0.2) is 4.98 Å². The van der Waals surface area contributed by atoms with Gasteiger partial charge in [0.15, 0.2) is 5.82 Å². The van der Waals surface area contributed by atoms with Crippen molar-refractivity contribution in [2.75, 3.05) is 30.4 Å². The molecule has 3 heterocycles. The minimum atomic E-state index is -0.266. The lowest BCUT2D eigenvalue weighted by Gasteiger charge is -2.38. The molecule has 1 fully saturated rings.